The zero-order valence-corrected chi connectivity index (χ0v) is 20.6. The van der Waals surface area contributed by atoms with Gasteiger partial charge in [-0.15, -0.1) is 0 Å². The molecule has 9 heteroatoms. The van der Waals surface area contributed by atoms with Gasteiger partial charge in [0.05, 0.1) is 18.3 Å². The van der Waals surface area contributed by atoms with Crippen LogP contribution < -0.4 is 26.1 Å². The van der Waals surface area contributed by atoms with Crippen molar-refractivity contribution >= 4 is 28.4 Å². The molecule has 36 heavy (non-hydrogen) atoms. The number of hydrogen-bond donors (Lipinski definition) is 2. The van der Waals surface area contributed by atoms with Gasteiger partial charge in [0.1, 0.15) is 17.1 Å². The number of rotatable bonds is 8. The summed E-state index contributed by atoms with van der Waals surface area (Å²) in [5.74, 6) is -0.873. The summed E-state index contributed by atoms with van der Waals surface area (Å²) < 4.78 is 22.2. The lowest BCUT2D eigenvalue weighted by Gasteiger charge is -2.32. The van der Waals surface area contributed by atoms with Crippen LogP contribution in [0.5, 0.6) is 5.75 Å². The first-order valence-electron chi connectivity index (χ1n) is 12.1. The Morgan fingerprint density at radius 3 is 2.47 bits per heavy atom. The number of anilines is 1. The highest BCUT2D eigenvalue weighted by Gasteiger charge is 2.26. The van der Waals surface area contributed by atoms with E-state index in [4.69, 9.17) is 10.5 Å². The molecule has 1 saturated heterocycles. The SMILES string of the molecule is CCCn1cc(C(=O)NCc2ccc(OC)cc2)c(=O)c2cc(F)c(N3CCC(C(N)=O)CC3)cc21. The van der Waals surface area contributed by atoms with Crippen molar-refractivity contribution in [2.75, 3.05) is 25.1 Å². The fourth-order valence-corrected chi connectivity index (χ4v) is 4.66. The number of benzene rings is 2. The van der Waals surface area contributed by atoms with Gasteiger partial charge in [0, 0.05) is 43.7 Å². The number of fused-ring (bicyclic) bond motifs is 1. The van der Waals surface area contributed by atoms with E-state index in [1.807, 2.05) is 28.5 Å². The summed E-state index contributed by atoms with van der Waals surface area (Å²) >= 11 is 0. The largest absolute Gasteiger partial charge is 0.497 e. The lowest BCUT2D eigenvalue weighted by atomic mass is 9.95. The van der Waals surface area contributed by atoms with Crippen LogP contribution in [0.3, 0.4) is 0 Å². The highest BCUT2D eigenvalue weighted by Crippen LogP contribution is 2.29. The second-order valence-corrected chi connectivity index (χ2v) is 9.08. The van der Waals surface area contributed by atoms with Gasteiger partial charge < -0.3 is 25.3 Å². The number of ether oxygens (including phenoxy) is 1. The summed E-state index contributed by atoms with van der Waals surface area (Å²) in [6, 6.07) is 10.1. The number of nitrogens with one attached hydrogen (secondary N) is 1. The van der Waals surface area contributed by atoms with Crippen LogP contribution in [0.15, 0.2) is 47.4 Å². The molecule has 0 radical (unpaired) electrons. The number of piperidine rings is 1. The van der Waals surface area contributed by atoms with Crippen LogP contribution in [0, 0.1) is 11.7 Å². The number of carbonyl (C=O) groups excluding carboxylic acids is 2. The van der Waals surface area contributed by atoms with Crippen LogP contribution in [0.25, 0.3) is 10.9 Å². The van der Waals surface area contributed by atoms with Crippen LogP contribution in [0.2, 0.25) is 0 Å². The summed E-state index contributed by atoms with van der Waals surface area (Å²) in [4.78, 5) is 39.6. The van der Waals surface area contributed by atoms with Crippen molar-refractivity contribution in [3.05, 3.63) is 69.8 Å². The van der Waals surface area contributed by atoms with E-state index in [1.165, 1.54) is 6.07 Å². The minimum atomic E-state index is -0.532. The molecule has 3 aromatic rings. The number of amides is 2. The van der Waals surface area contributed by atoms with Crippen LogP contribution in [0.1, 0.15) is 42.1 Å². The van der Waals surface area contributed by atoms with E-state index in [2.05, 4.69) is 5.32 Å². The van der Waals surface area contributed by atoms with Gasteiger partial charge in [-0.1, -0.05) is 19.1 Å². The molecule has 2 amide bonds. The number of carbonyl (C=O) groups is 2. The van der Waals surface area contributed by atoms with Crippen molar-refractivity contribution in [1.82, 2.24) is 9.88 Å². The summed E-state index contributed by atoms with van der Waals surface area (Å²) in [6.07, 6.45) is 3.43. The molecule has 0 bridgehead atoms. The molecule has 3 N–H and O–H groups in total. The van der Waals surface area contributed by atoms with Gasteiger partial charge in [0.25, 0.3) is 5.91 Å². The predicted molar refractivity (Wildman–Crippen MR) is 137 cm³/mol. The third-order valence-corrected chi connectivity index (χ3v) is 6.71. The minimum absolute atomic E-state index is 0.0288. The maximum Gasteiger partial charge on any atom is 0.257 e. The molecule has 8 nitrogen and oxygen atoms in total. The average Bonchev–Trinajstić information content (AvgIpc) is 2.89. The first-order valence-corrected chi connectivity index (χ1v) is 12.1. The first kappa shape index (κ1) is 25.2. The standard InChI is InChI=1S/C27H31FN4O4/c1-3-10-32-16-21(27(35)30-15-17-4-6-19(36-2)7-5-17)25(33)20-13-22(28)24(14-23(20)32)31-11-8-18(9-12-31)26(29)34/h4-7,13-14,16,18H,3,8-12,15H2,1-2H3,(H2,29,34)(H,30,35). The number of hydrogen-bond acceptors (Lipinski definition) is 5. The van der Waals surface area contributed by atoms with E-state index in [9.17, 15) is 14.4 Å². The molecule has 0 spiro atoms. The number of aromatic nitrogens is 1. The lowest BCUT2D eigenvalue weighted by molar-refractivity contribution is -0.122. The van der Waals surface area contributed by atoms with Gasteiger partial charge in [0.15, 0.2) is 0 Å². The average molecular weight is 495 g/mol. The van der Waals surface area contributed by atoms with Gasteiger partial charge in [0.2, 0.25) is 11.3 Å². The molecule has 0 saturated carbocycles. The van der Waals surface area contributed by atoms with Crippen molar-refractivity contribution in [2.45, 2.75) is 39.3 Å². The van der Waals surface area contributed by atoms with Crippen LogP contribution >= 0.6 is 0 Å². The van der Waals surface area contributed by atoms with Gasteiger partial charge in [-0.2, -0.15) is 0 Å². The zero-order valence-electron chi connectivity index (χ0n) is 20.6. The van der Waals surface area contributed by atoms with Crippen LogP contribution in [-0.2, 0) is 17.9 Å². The molecule has 1 aromatic heterocycles. The number of methoxy groups -OCH3 is 1. The highest BCUT2D eigenvalue weighted by molar-refractivity contribution is 5.97. The highest BCUT2D eigenvalue weighted by atomic mass is 19.1. The normalized spacial score (nSPS) is 14.1. The molecular weight excluding hydrogens is 463 g/mol. The topological polar surface area (TPSA) is 107 Å². The monoisotopic (exact) mass is 494 g/mol. The Balaban J connectivity index is 1.63. The van der Waals surface area contributed by atoms with Crippen molar-refractivity contribution < 1.29 is 18.7 Å². The van der Waals surface area contributed by atoms with Crippen molar-refractivity contribution in [1.29, 1.82) is 0 Å². The van der Waals surface area contributed by atoms with Gasteiger partial charge in [-0.3, -0.25) is 14.4 Å². The van der Waals surface area contributed by atoms with E-state index in [0.717, 1.165) is 12.0 Å². The Morgan fingerprint density at radius 1 is 1.17 bits per heavy atom. The molecule has 190 valence electrons. The zero-order chi connectivity index (χ0) is 25.8. The van der Waals surface area contributed by atoms with Gasteiger partial charge >= 0.3 is 0 Å². The van der Waals surface area contributed by atoms with E-state index >= 15 is 4.39 Å². The van der Waals surface area contributed by atoms with Crippen LogP contribution in [0.4, 0.5) is 10.1 Å². The quantitative estimate of drug-likeness (QED) is 0.500. The molecule has 0 atom stereocenters. The number of nitrogens with zero attached hydrogens (tertiary/aromatic N) is 2. The summed E-state index contributed by atoms with van der Waals surface area (Å²) in [6.45, 7) is 3.79. The van der Waals surface area contributed by atoms with Crippen molar-refractivity contribution in [3.8, 4) is 5.75 Å². The van der Waals surface area contributed by atoms with E-state index < -0.39 is 17.2 Å². The maximum atomic E-state index is 15.2. The molecule has 2 heterocycles. The Hall–Kier alpha value is -3.88. The summed E-state index contributed by atoms with van der Waals surface area (Å²) in [5, 5.41) is 2.95. The second-order valence-electron chi connectivity index (χ2n) is 9.08. The number of primary amides is 1. The van der Waals surface area contributed by atoms with Gasteiger partial charge in [-0.25, -0.2) is 4.39 Å². The molecule has 1 aliphatic rings. The molecule has 1 aliphatic heterocycles. The Morgan fingerprint density at radius 2 is 1.86 bits per heavy atom. The molecule has 2 aromatic carbocycles. The number of halogens is 1. The number of nitrogens with two attached hydrogens (primary N) is 1. The first-order chi connectivity index (χ1) is 17.3. The second kappa shape index (κ2) is 10.8. The molecule has 4 rings (SSSR count). The fourth-order valence-electron chi connectivity index (χ4n) is 4.66. The Labute approximate surface area is 208 Å². The minimum Gasteiger partial charge on any atom is -0.497 e. The molecule has 0 unspecified atom stereocenters. The van der Waals surface area contributed by atoms with Crippen molar-refractivity contribution in [3.63, 3.8) is 0 Å². The fraction of sp³-hybridized carbons (Fsp3) is 0.370. The molecular formula is C27H31FN4O4. The lowest BCUT2D eigenvalue weighted by Crippen LogP contribution is -2.39. The Kier molecular flexibility index (Phi) is 7.57. The van der Waals surface area contributed by atoms with Gasteiger partial charge in [-0.05, 0) is 49.1 Å². The predicted octanol–water partition coefficient (Wildman–Crippen LogP) is 3.19. The van der Waals surface area contributed by atoms with Crippen LogP contribution in [-0.4, -0.2) is 36.6 Å². The molecule has 1 fully saturated rings. The van der Waals surface area contributed by atoms with E-state index in [-0.39, 0.29) is 29.3 Å². The van der Waals surface area contributed by atoms with E-state index in [1.54, 1.807) is 31.5 Å². The third kappa shape index (κ3) is 5.19. The molecule has 0 aliphatic carbocycles. The maximum absolute atomic E-state index is 15.2. The number of pyridine rings is 1. The van der Waals surface area contributed by atoms with E-state index in [0.29, 0.717) is 49.4 Å². The summed E-state index contributed by atoms with van der Waals surface area (Å²) in [7, 11) is 1.58. The number of aryl methyl sites for hydroxylation is 1. The van der Waals surface area contributed by atoms with Crippen molar-refractivity contribution in [2.24, 2.45) is 11.7 Å². The Bertz CT molecular complexity index is 1330. The summed E-state index contributed by atoms with van der Waals surface area (Å²) in [5.41, 5.74) is 6.69. The third-order valence-electron chi connectivity index (χ3n) is 6.71. The smallest absolute Gasteiger partial charge is 0.257 e.